The normalized spacial score (nSPS) is 25.3. The molecule has 0 aliphatic heterocycles. The van der Waals surface area contributed by atoms with Crippen molar-refractivity contribution in [1.82, 2.24) is 0 Å². The fourth-order valence-corrected chi connectivity index (χ4v) is 3.29. The highest BCUT2D eigenvalue weighted by Gasteiger charge is 2.38. The topological polar surface area (TPSA) is 34.1 Å². The lowest BCUT2D eigenvalue weighted by atomic mass is 10.0. The van der Waals surface area contributed by atoms with Crippen molar-refractivity contribution in [3.8, 4) is 0 Å². The van der Waals surface area contributed by atoms with Gasteiger partial charge in [-0.1, -0.05) is 12.1 Å². The van der Waals surface area contributed by atoms with Crippen LogP contribution in [-0.2, 0) is 21.1 Å². The van der Waals surface area contributed by atoms with E-state index in [0.29, 0.717) is 12.8 Å². The van der Waals surface area contributed by atoms with Crippen LogP contribution in [-0.4, -0.2) is 8.42 Å². The molecule has 1 aromatic rings. The van der Waals surface area contributed by atoms with E-state index in [4.69, 9.17) is 10.7 Å². The predicted molar refractivity (Wildman–Crippen MR) is 56.3 cm³/mol. The van der Waals surface area contributed by atoms with Gasteiger partial charge in [-0.2, -0.15) is 0 Å². The summed E-state index contributed by atoms with van der Waals surface area (Å²) in [6.07, 6.45) is 0.869. The van der Waals surface area contributed by atoms with Crippen LogP contribution in [0.3, 0.4) is 0 Å². The lowest BCUT2D eigenvalue weighted by molar-refractivity contribution is 0.190. The van der Waals surface area contributed by atoms with Crippen LogP contribution in [0.4, 0.5) is 4.39 Å². The first-order valence-electron chi connectivity index (χ1n) is 4.58. The van der Waals surface area contributed by atoms with Gasteiger partial charge in [0.05, 0.1) is 4.90 Å². The van der Waals surface area contributed by atoms with Gasteiger partial charge in [0, 0.05) is 16.2 Å². The van der Waals surface area contributed by atoms with Crippen molar-refractivity contribution in [2.24, 2.45) is 0 Å². The van der Waals surface area contributed by atoms with Crippen molar-refractivity contribution in [2.45, 2.75) is 30.3 Å². The molecule has 0 aromatic heterocycles. The van der Waals surface area contributed by atoms with E-state index in [0.717, 1.165) is 5.56 Å². The van der Waals surface area contributed by atoms with Crippen LogP contribution in [0.25, 0.3) is 0 Å². The van der Waals surface area contributed by atoms with E-state index >= 15 is 0 Å². The maximum Gasteiger partial charge on any atom is 0.261 e. The molecule has 5 heteroatoms. The average Bonchev–Trinajstić information content (AvgIpc) is 2.41. The van der Waals surface area contributed by atoms with E-state index in [1.165, 1.54) is 13.0 Å². The Balaban J connectivity index is 2.76. The van der Waals surface area contributed by atoms with Crippen LogP contribution in [0.5, 0.6) is 0 Å². The highest BCUT2D eigenvalue weighted by Crippen LogP contribution is 2.43. The minimum atomic E-state index is -3.87. The number of aryl methyl sites for hydroxylation is 1. The van der Waals surface area contributed by atoms with Gasteiger partial charge in [-0.05, 0) is 31.4 Å². The Morgan fingerprint density at radius 3 is 2.73 bits per heavy atom. The van der Waals surface area contributed by atoms with E-state index in [1.54, 1.807) is 12.1 Å². The number of hydrogen-bond donors (Lipinski definition) is 0. The van der Waals surface area contributed by atoms with E-state index in [1.807, 2.05) is 0 Å². The molecular weight excluding hydrogens is 239 g/mol. The third kappa shape index (κ3) is 1.76. The summed E-state index contributed by atoms with van der Waals surface area (Å²) in [7, 11) is 1.41. The molecule has 1 atom stereocenters. The molecule has 0 heterocycles. The molecule has 2 rings (SSSR count). The molecule has 1 aliphatic carbocycles. The van der Waals surface area contributed by atoms with E-state index in [-0.39, 0.29) is 10.5 Å². The number of alkyl halides is 1. The third-order valence-corrected chi connectivity index (χ3v) is 4.12. The summed E-state index contributed by atoms with van der Waals surface area (Å²) >= 11 is 0. The zero-order valence-electron chi connectivity index (χ0n) is 8.13. The molecule has 1 aliphatic rings. The van der Waals surface area contributed by atoms with Crippen molar-refractivity contribution in [2.75, 3.05) is 0 Å². The third-order valence-electron chi connectivity index (χ3n) is 2.76. The van der Waals surface area contributed by atoms with Crippen LogP contribution in [0, 0.1) is 0 Å². The maximum absolute atomic E-state index is 14.1. The van der Waals surface area contributed by atoms with Gasteiger partial charge in [0.2, 0.25) is 0 Å². The molecule has 15 heavy (non-hydrogen) atoms. The second kappa shape index (κ2) is 3.19. The average molecular weight is 249 g/mol. The first kappa shape index (κ1) is 10.9. The lowest BCUT2D eigenvalue weighted by Crippen LogP contribution is -2.13. The summed E-state index contributed by atoms with van der Waals surface area (Å²) in [6.45, 7) is 1.39. The largest absolute Gasteiger partial charge is 0.261 e. The molecule has 0 radical (unpaired) electrons. The Morgan fingerprint density at radius 1 is 1.47 bits per heavy atom. The molecule has 0 amide bonds. The number of benzene rings is 1. The van der Waals surface area contributed by atoms with Crippen LogP contribution in [0.2, 0.25) is 0 Å². The van der Waals surface area contributed by atoms with Crippen LogP contribution >= 0.6 is 10.7 Å². The molecule has 1 aromatic carbocycles. The van der Waals surface area contributed by atoms with Crippen LogP contribution in [0.15, 0.2) is 23.1 Å². The number of hydrogen-bond acceptors (Lipinski definition) is 2. The molecule has 0 N–H and O–H groups in total. The Hall–Kier alpha value is -0.610. The number of fused-ring (bicyclic) bond motifs is 1. The van der Waals surface area contributed by atoms with Gasteiger partial charge >= 0.3 is 0 Å². The Labute approximate surface area is 92.5 Å². The molecule has 0 bridgehead atoms. The van der Waals surface area contributed by atoms with Gasteiger partial charge in [-0.15, -0.1) is 0 Å². The van der Waals surface area contributed by atoms with Crippen molar-refractivity contribution in [3.63, 3.8) is 0 Å². The standard InChI is InChI=1S/C10H10ClFO2S/c1-10(12)6-5-7-3-2-4-8(9(7)10)15(11,13)14/h2-4H,5-6H2,1H3. The van der Waals surface area contributed by atoms with Crippen molar-refractivity contribution in [3.05, 3.63) is 29.3 Å². The highest BCUT2D eigenvalue weighted by molar-refractivity contribution is 8.13. The van der Waals surface area contributed by atoms with Crippen LogP contribution in [0.1, 0.15) is 24.5 Å². The molecule has 0 saturated carbocycles. The summed E-state index contributed by atoms with van der Waals surface area (Å²) in [6, 6.07) is 4.69. The summed E-state index contributed by atoms with van der Waals surface area (Å²) in [5.74, 6) is 0. The Bertz CT molecular complexity index is 508. The molecule has 2 nitrogen and oxygen atoms in total. The minimum Gasteiger partial charge on any atom is -0.239 e. The van der Waals surface area contributed by atoms with E-state index in [2.05, 4.69) is 0 Å². The first-order valence-corrected chi connectivity index (χ1v) is 6.89. The van der Waals surface area contributed by atoms with Crippen molar-refractivity contribution < 1.29 is 12.8 Å². The molecule has 82 valence electrons. The van der Waals surface area contributed by atoms with Crippen molar-refractivity contribution in [1.29, 1.82) is 0 Å². The second-order valence-corrected chi connectivity index (χ2v) is 6.46. The minimum absolute atomic E-state index is 0.0934. The predicted octanol–water partition coefficient (Wildman–Crippen LogP) is 2.75. The summed E-state index contributed by atoms with van der Waals surface area (Å²) in [5, 5.41) is 0. The van der Waals surface area contributed by atoms with Crippen LogP contribution < -0.4 is 0 Å². The van der Waals surface area contributed by atoms with Gasteiger partial charge in [0.15, 0.2) is 0 Å². The van der Waals surface area contributed by atoms with Gasteiger partial charge in [-0.25, -0.2) is 12.8 Å². The molecule has 0 fully saturated rings. The Morgan fingerprint density at radius 2 is 2.13 bits per heavy atom. The smallest absolute Gasteiger partial charge is 0.239 e. The first-order chi connectivity index (χ1) is 6.82. The lowest BCUT2D eigenvalue weighted by Gasteiger charge is -2.16. The van der Waals surface area contributed by atoms with Crippen molar-refractivity contribution >= 4 is 19.7 Å². The Kier molecular flexibility index (Phi) is 2.32. The van der Waals surface area contributed by atoms with Gasteiger partial charge in [0.25, 0.3) is 9.05 Å². The fourth-order valence-electron chi connectivity index (χ4n) is 2.07. The second-order valence-electron chi connectivity index (χ2n) is 3.93. The number of rotatable bonds is 1. The molecule has 1 unspecified atom stereocenters. The highest BCUT2D eigenvalue weighted by atomic mass is 35.7. The molecular formula is C10H10ClFO2S. The quantitative estimate of drug-likeness (QED) is 0.716. The molecule has 0 saturated heterocycles. The monoisotopic (exact) mass is 248 g/mol. The molecule has 0 spiro atoms. The zero-order chi connectivity index (χ0) is 11.3. The van der Waals surface area contributed by atoms with E-state index < -0.39 is 14.7 Å². The fraction of sp³-hybridized carbons (Fsp3) is 0.400. The maximum atomic E-state index is 14.1. The van der Waals surface area contributed by atoms with E-state index in [9.17, 15) is 12.8 Å². The SMILES string of the molecule is CC1(F)CCc2cccc(S(=O)(=O)Cl)c21. The summed E-state index contributed by atoms with van der Waals surface area (Å²) in [5.41, 5.74) is -0.616. The number of halogens is 2. The van der Waals surface area contributed by atoms with Gasteiger partial charge in [-0.3, -0.25) is 0 Å². The summed E-state index contributed by atoms with van der Waals surface area (Å²) in [4.78, 5) is -0.0934. The zero-order valence-corrected chi connectivity index (χ0v) is 9.70. The van der Waals surface area contributed by atoms with Gasteiger partial charge < -0.3 is 0 Å². The van der Waals surface area contributed by atoms with Gasteiger partial charge in [0.1, 0.15) is 5.67 Å². The summed E-state index contributed by atoms with van der Waals surface area (Å²) < 4.78 is 36.6.